The Hall–Kier alpha value is -1.00. The van der Waals surface area contributed by atoms with Crippen LogP contribution in [0.15, 0.2) is 18.2 Å². The summed E-state index contributed by atoms with van der Waals surface area (Å²) in [6.07, 6.45) is 0.200. The van der Waals surface area contributed by atoms with Crippen molar-refractivity contribution >= 4 is 0 Å². The van der Waals surface area contributed by atoms with Gasteiger partial charge in [-0.25, -0.2) is 8.78 Å². The summed E-state index contributed by atoms with van der Waals surface area (Å²) >= 11 is 0. The van der Waals surface area contributed by atoms with Crippen molar-refractivity contribution < 1.29 is 13.5 Å². The molecular weight excluding hydrogens is 224 g/mol. The van der Waals surface area contributed by atoms with E-state index in [1.165, 1.54) is 12.1 Å². The molecule has 96 valence electrons. The van der Waals surface area contributed by atoms with E-state index in [9.17, 15) is 8.78 Å². The van der Waals surface area contributed by atoms with Crippen LogP contribution in [0.25, 0.3) is 0 Å². The predicted molar refractivity (Wildman–Crippen MR) is 63.8 cm³/mol. The van der Waals surface area contributed by atoms with Crippen molar-refractivity contribution in [3.63, 3.8) is 0 Å². The summed E-state index contributed by atoms with van der Waals surface area (Å²) in [5, 5.41) is 0. The van der Waals surface area contributed by atoms with Crippen molar-refractivity contribution in [2.24, 2.45) is 0 Å². The maximum Gasteiger partial charge on any atom is 0.130 e. The fourth-order valence-corrected chi connectivity index (χ4v) is 1.46. The van der Waals surface area contributed by atoms with E-state index < -0.39 is 11.6 Å². The van der Waals surface area contributed by atoms with Crippen LogP contribution >= 0.6 is 0 Å². The number of likely N-dealkylation sites (N-methyl/N-ethyl adjacent to an activating group) is 1. The number of hydrogen-bond acceptors (Lipinski definition) is 2. The Labute approximate surface area is 101 Å². The molecule has 0 aliphatic rings. The second kappa shape index (κ2) is 6.67. The van der Waals surface area contributed by atoms with Gasteiger partial charge >= 0.3 is 0 Å². The van der Waals surface area contributed by atoms with E-state index in [4.69, 9.17) is 4.74 Å². The van der Waals surface area contributed by atoms with Gasteiger partial charge in [-0.3, -0.25) is 4.90 Å². The lowest BCUT2D eigenvalue weighted by Gasteiger charge is -2.18. The van der Waals surface area contributed by atoms with E-state index in [0.717, 1.165) is 12.6 Å². The van der Waals surface area contributed by atoms with Gasteiger partial charge in [0.25, 0.3) is 0 Å². The minimum absolute atomic E-state index is 0.200. The van der Waals surface area contributed by atoms with Gasteiger partial charge in [0.15, 0.2) is 0 Å². The van der Waals surface area contributed by atoms with Gasteiger partial charge in [0, 0.05) is 24.7 Å². The lowest BCUT2D eigenvalue weighted by molar-refractivity contribution is 0.0625. The Bertz CT molecular complexity index is 355. The quantitative estimate of drug-likeness (QED) is 0.761. The van der Waals surface area contributed by atoms with Crippen LogP contribution in [-0.2, 0) is 11.3 Å². The molecule has 0 saturated heterocycles. The van der Waals surface area contributed by atoms with Crippen LogP contribution in [0.5, 0.6) is 0 Å². The number of benzene rings is 1. The average Bonchev–Trinajstić information content (AvgIpc) is 2.21. The summed E-state index contributed by atoms with van der Waals surface area (Å²) in [6, 6.07) is 3.66. The third-order valence-electron chi connectivity index (χ3n) is 2.38. The van der Waals surface area contributed by atoms with E-state index in [-0.39, 0.29) is 6.10 Å². The topological polar surface area (TPSA) is 12.5 Å². The monoisotopic (exact) mass is 243 g/mol. The van der Waals surface area contributed by atoms with E-state index in [2.05, 4.69) is 0 Å². The summed E-state index contributed by atoms with van der Waals surface area (Å²) in [4.78, 5) is 1.94. The van der Waals surface area contributed by atoms with Crippen molar-refractivity contribution in [3.8, 4) is 0 Å². The molecule has 0 aliphatic heterocycles. The minimum Gasteiger partial charge on any atom is -0.377 e. The van der Waals surface area contributed by atoms with Crippen LogP contribution in [-0.4, -0.2) is 31.2 Å². The maximum atomic E-state index is 13.4. The van der Waals surface area contributed by atoms with E-state index >= 15 is 0 Å². The Morgan fingerprint density at radius 2 is 2.00 bits per heavy atom. The summed E-state index contributed by atoms with van der Waals surface area (Å²) < 4.78 is 31.5. The molecule has 2 nitrogen and oxygen atoms in total. The van der Waals surface area contributed by atoms with Gasteiger partial charge in [0.05, 0.1) is 12.7 Å². The van der Waals surface area contributed by atoms with Crippen molar-refractivity contribution in [1.29, 1.82) is 0 Å². The number of halogens is 2. The standard InChI is InChI=1S/C13H19F2NO/c1-10(2)17-7-6-16(3)9-11-4-5-12(14)8-13(11)15/h4-5,8,10H,6-7,9H2,1-3H3. The maximum absolute atomic E-state index is 13.4. The summed E-state index contributed by atoms with van der Waals surface area (Å²) in [7, 11) is 1.88. The first kappa shape index (κ1) is 14.1. The molecule has 0 N–H and O–H groups in total. The van der Waals surface area contributed by atoms with Gasteiger partial charge in [0.2, 0.25) is 0 Å². The molecule has 0 amide bonds. The summed E-state index contributed by atoms with van der Waals surface area (Å²) in [5.41, 5.74) is 0.499. The van der Waals surface area contributed by atoms with Gasteiger partial charge in [-0.2, -0.15) is 0 Å². The fraction of sp³-hybridized carbons (Fsp3) is 0.538. The SMILES string of the molecule is CC(C)OCCN(C)Cc1ccc(F)cc1F. The molecule has 0 aromatic heterocycles. The third-order valence-corrected chi connectivity index (χ3v) is 2.38. The molecule has 1 aromatic carbocycles. The number of rotatable bonds is 6. The number of hydrogen-bond donors (Lipinski definition) is 0. The van der Waals surface area contributed by atoms with E-state index in [1.807, 2.05) is 25.8 Å². The van der Waals surface area contributed by atoms with Crippen LogP contribution in [0.2, 0.25) is 0 Å². The second-order valence-electron chi connectivity index (χ2n) is 4.39. The molecule has 0 radical (unpaired) electrons. The number of nitrogens with zero attached hydrogens (tertiary/aromatic N) is 1. The first-order valence-electron chi connectivity index (χ1n) is 5.73. The molecule has 0 bridgehead atoms. The van der Waals surface area contributed by atoms with Crippen LogP contribution in [0.3, 0.4) is 0 Å². The molecule has 0 fully saturated rings. The van der Waals surface area contributed by atoms with Gasteiger partial charge < -0.3 is 4.74 Å². The van der Waals surface area contributed by atoms with Crippen LogP contribution in [0, 0.1) is 11.6 Å². The first-order valence-corrected chi connectivity index (χ1v) is 5.73. The largest absolute Gasteiger partial charge is 0.377 e. The highest BCUT2D eigenvalue weighted by Gasteiger charge is 2.07. The second-order valence-corrected chi connectivity index (χ2v) is 4.39. The van der Waals surface area contributed by atoms with E-state index in [0.29, 0.717) is 18.7 Å². The molecule has 1 rings (SSSR count). The molecule has 0 atom stereocenters. The molecule has 0 saturated carbocycles. The predicted octanol–water partition coefficient (Wildman–Crippen LogP) is 2.82. The zero-order valence-corrected chi connectivity index (χ0v) is 10.5. The molecule has 4 heteroatoms. The Kier molecular flexibility index (Phi) is 5.51. The van der Waals surface area contributed by atoms with Gasteiger partial charge in [-0.05, 0) is 27.0 Å². The molecular formula is C13H19F2NO. The van der Waals surface area contributed by atoms with Crippen molar-refractivity contribution in [3.05, 3.63) is 35.4 Å². The molecule has 0 unspecified atom stereocenters. The molecule has 0 heterocycles. The zero-order chi connectivity index (χ0) is 12.8. The lowest BCUT2D eigenvalue weighted by Crippen LogP contribution is -2.24. The minimum atomic E-state index is -0.544. The Morgan fingerprint density at radius 1 is 1.29 bits per heavy atom. The van der Waals surface area contributed by atoms with Gasteiger partial charge in [-0.15, -0.1) is 0 Å². The molecule has 0 spiro atoms. The molecule has 1 aromatic rings. The highest BCUT2D eigenvalue weighted by atomic mass is 19.1. The third kappa shape index (κ3) is 5.24. The molecule has 17 heavy (non-hydrogen) atoms. The fourth-order valence-electron chi connectivity index (χ4n) is 1.46. The zero-order valence-electron chi connectivity index (χ0n) is 10.5. The van der Waals surface area contributed by atoms with Crippen molar-refractivity contribution in [2.45, 2.75) is 26.5 Å². The van der Waals surface area contributed by atoms with Gasteiger partial charge in [0.1, 0.15) is 11.6 Å². The average molecular weight is 243 g/mol. The lowest BCUT2D eigenvalue weighted by atomic mass is 10.2. The Morgan fingerprint density at radius 3 is 2.59 bits per heavy atom. The summed E-state index contributed by atoms with van der Waals surface area (Å²) in [6.45, 7) is 5.72. The van der Waals surface area contributed by atoms with Crippen LogP contribution in [0.1, 0.15) is 19.4 Å². The van der Waals surface area contributed by atoms with Crippen molar-refractivity contribution in [1.82, 2.24) is 4.90 Å². The highest BCUT2D eigenvalue weighted by Crippen LogP contribution is 2.11. The highest BCUT2D eigenvalue weighted by molar-refractivity contribution is 5.18. The van der Waals surface area contributed by atoms with Crippen molar-refractivity contribution in [2.75, 3.05) is 20.2 Å². The summed E-state index contributed by atoms with van der Waals surface area (Å²) in [5.74, 6) is -1.04. The number of ether oxygens (including phenoxy) is 1. The smallest absolute Gasteiger partial charge is 0.130 e. The van der Waals surface area contributed by atoms with Gasteiger partial charge in [-0.1, -0.05) is 6.07 Å². The van der Waals surface area contributed by atoms with Crippen LogP contribution in [0.4, 0.5) is 8.78 Å². The Balaban J connectivity index is 2.42. The van der Waals surface area contributed by atoms with E-state index in [1.54, 1.807) is 0 Å². The normalized spacial score (nSPS) is 11.5. The first-order chi connectivity index (χ1) is 7.99. The molecule has 0 aliphatic carbocycles. The van der Waals surface area contributed by atoms with Crippen LogP contribution < -0.4 is 0 Å².